The predicted molar refractivity (Wildman–Crippen MR) is 63.5 cm³/mol. The second-order valence-corrected chi connectivity index (χ2v) is 6.08. The Kier molecular flexibility index (Phi) is 3.08. The third kappa shape index (κ3) is 2.40. The van der Waals surface area contributed by atoms with Crippen LogP contribution in [0.2, 0.25) is 0 Å². The van der Waals surface area contributed by atoms with Crippen molar-refractivity contribution in [1.29, 1.82) is 0 Å². The van der Waals surface area contributed by atoms with Crippen molar-refractivity contribution in [2.45, 2.75) is 69.9 Å². The average molecular weight is 242 g/mol. The van der Waals surface area contributed by atoms with Crippen LogP contribution in [0.15, 0.2) is 0 Å². The topological polar surface area (TPSA) is 75.8 Å². The molecule has 2 saturated heterocycles. The zero-order chi connectivity index (χ0) is 12.8. The van der Waals surface area contributed by atoms with Crippen molar-refractivity contribution in [3.63, 3.8) is 0 Å². The molecule has 5 nitrogen and oxygen atoms in total. The fraction of sp³-hybridized carbons (Fsp3) is 0.917. The molecule has 2 bridgehead atoms. The largest absolute Gasteiger partial charge is 0.444 e. The minimum absolute atomic E-state index is 0.133. The lowest BCUT2D eigenvalue weighted by molar-refractivity contribution is -0.0287. The van der Waals surface area contributed by atoms with Crippen LogP contribution in [0.5, 0.6) is 0 Å². The van der Waals surface area contributed by atoms with E-state index in [4.69, 9.17) is 10.5 Å². The first-order chi connectivity index (χ1) is 7.79. The number of carbonyl (C=O) groups is 1. The number of nitrogens with zero attached hydrogens (tertiary/aromatic N) is 1. The van der Waals surface area contributed by atoms with Crippen LogP contribution in [-0.2, 0) is 4.74 Å². The van der Waals surface area contributed by atoms with Gasteiger partial charge in [0.15, 0.2) is 0 Å². The summed E-state index contributed by atoms with van der Waals surface area (Å²) in [6.07, 6.45) is 1.45. The van der Waals surface area contributed by atoms with E-state index in [1.807, 2.05) is 20.8 Å². The lowest BCUT2D eigenvalue weighted by Gasteiger charge is -2.41. The van der Waals surface area contributed by atoms with E-state index in [9.17, 15) is 9.90 Å². The molecule has 0 radical (unpaired) electrons. The quantitative estimate of drug-likeness (QED) is 0.660. The summed E-state index contributed by atoms with van der Waals surface area (Å²) in [4.78, 5) is 13.8. The molecule has 2 aliphatic heterocycles. The van der Waals surface area contributed by atoms with Gasteiger partial charge in [0.05, 0.1) is 12.1 Å². The van der Waals surface area contributed by atoms with Crippen molar-refractivity contribution < 1.29 is 14.6 Å². The van der Waals surface area contributed by atoms with Crippen molar-refractivity contribution >= 4 is 6.09 Å². The maximum atomic E-state index is 12.1. The van der Waals surface area contributed by atoms with Gasteiger partial charge >= 0.3 is 6.09 Å². The number of aliphatic hydroxyl groups excluding tert-OH is 1. The van der Waals surface area contributed by atoms with Crippen molar-refractivity contribution in [3.8, 4) is 0 Å². The van der Waals surface area contributed by atoms with Gasteiger partial charge in [-0.1, -0.05) is 0 Å². The van der Waals surface area contributed by atoms with Gasteiger partial charge in [-0.25, -0.2) is 4.79 Å². The van der Waals surface area contributed by atoms with Crippen LogP contribution in [0.25, 0.3) is 0 Å². The first-order valence-electron chi connectivity index (χ1n) is 6.24. The number of piperidine rings is 1. The van der Waals surface area contributed by atoms with E-state index in [0.717, 1.165) is 12.8 Å². The molecule has 0 aromatic rings. The molecule has 2 rings (SSSR count). The molecule has 0 aromatic heterocycles. The highest BCUT2D eigenvalue weighted by Gasteiger charge is 2.48. The smallest absolute Gasteiger partial charge is 0.410 e. The van der Waals surface area contributed by atoms with Gasteiger partial charge in [-0.3, -0.25) is 4.90 Å². The molecule has 2 aliphatic rings. The van der Waals surface area contributed by atoms with Gasteiger partial charge in [-0.05, 0) is 40.0 Å². The number of aliphatic hydroxyl groups is 1. The van der Waals surface area contributed by atoms with E-state index in [1.54, 1.807) is 4.90 Å². The fourth-order valence-electron chi connectivity index (χ4n) is 2.82. The highest BCUT2D eigenvalue weighted by molar-refractivity contribution is 5.70. The summed E-state index contributed by atoms with van der Waals surface area (Å²) in [6.45, 7) is 5.54. The van der Waals surface area contributed by atoms with Crippen LogP contribution < -0.4 is 5.73 Å². The maximum absolute atomic E-state index is 12.1. The molecular weight excluding hydrogens is 220 g/mol. The Morgan fingerprint density at radius 3 is 2.65 bits per heavy atom. The van der Waals surface area contributed by atoms with Crippen molar-refractivity contribution in [2.75, 3.05) is 0 Å². The number of rotatable bonds is 0. The molecule has 17 heavy (non-hydrogen) atoms. The number of nitrogens with two attached hydrogens (primary N) is 1. The Labute approximate surface area is 102 Å². The minimum atomic E-state index is -0.624. The Balaban J connectivity index is 2.10. The zero-order valence-electron chi connectivity index (χ0n) is 10.7. The summed E-state index contributed by atoms with van der Waals surface area (Å²) in [5, 5.41) is 10.0. The molecule has 98 valence electrons. The lowest BCUT2D eigenvalue weighted by atomic mass is 9.95. The van der Waals surface area contributed by atoms with Crippen LogP contribution >= 0.6 is 0 Å². The number of hydrogen-bond donors (Lipinski definition) is 2. The van der Waals surface area contributed by atoms with Crippen LogP contribution in [-0.4, -0.2) is 45.9 Å². The maximum Gasteiger partial charge on any atom is 0.410 e. The molecule has 2 fully saturated rings. The molecule has 3 N–H and O–H groups in total. The molecule has 0 unspecified atom stereocenters. The minimum Gasteiger partial charge on any atom is -0.444 e. The zero-order valence-corrected chi connectivity index (χ0v) is 10.7. The van der Waals surface area contributed by atoms with Crippen LogP contribution in [0.1, 0.15) is 40.0 Å². The van der Waals surface area contributed by atoms with Crippen molar-refractivity contribution in [1.82, 2.24) is 4.90 Å². The highest BCUT2D eigenvalue weighted by atomic mass is 16.6. The number of amides is 1. The van der Waals surface area contributed by atoms with Crippen LogP contribution in [0.3, 0.4) is 0 Å². The van der Waals surface area contributed by atoms with Crippen molar-refractivity contribution in [3.05, 3.63) is 0 Å². The second kappa shape index (κ2) is 4.14. The molecule has 0 aromatic carbocycles. The third-order valence-corrected chi connectivity index (χ3v) is 3.53. The molecule has 5 heteroatoms. The molecule has 0 spiro atoms. The van der Waals surface area contributed by atoms with Gasteiger partial charge in [0.1, 0.15) is 5.60 Å². The van der Waals surface area contributed by atoms with Gasteiger partial charge in [0.2, 0.25) is 0 Å². The summed E-state index contributed by atoms with van der Waals surface area (Å²) in [6, 6.07) is -0.252. The van der Waals surface area contributed by atoms with Crippen LogP contribution in [0, 0.1) is 0 Å². The van der Waals surface area contributed by atoms with E-state index in [0.29, 0.717) is 6.42 Å². The standard InChI is InChI=1S/C12H22N2O3/c1-12(2,3)17-11(16)14-7-4-5-9(14)10(15)8(13)6-7/h7-10,15H,4-6,13H2,1-3H3/t7-,8+,9+,10+/m1/s1. The molecule has 4 atom stereocenters. The van der Waals surface area contributed by atoms with Crippen molar-refractivity contribution in [2.24, 2.45) is 5.73 Å². The first-order valence-corrected chi connectivity index (χ1v) is 6.24. The molecule has 0 aliphatic carbocycles. The summed E-state index contributed by atoms with van der Waals surface area (Å²) >= 11 is 0. The van der Waals surface area contributed by atoms with Gasteiger partial charge in [-0.2, -0.15) is 0 Å². The molecule has 0 saturated carbocycles. The highest BCUT2D eigenvalue weighted by Crippen LogP contribution is 2.36. The third-order valence-electron chi connectivity index (χ3n) is 3.53. The summed E-state index contributed by atoms with van der Waals surface area (Å²) in [5.74, 6) is 0. The van der Waals surface area contributed by atoms with E-state index < -0.39 is 11.7 Å². The van der Waals surface area contributed by atoms with Gasteiger partial charge in [0, 0.05) is 12.1 Å². The number of fused-ring (bicyclic) bond motifs is 2. The number of ether oxygens (including phenoxy) is 1. The molecule has 2 heterocycles. The monoisotopic (exact) mass is 242 g/mol. The normalized spacial score (nSPS) is 37.1. The van der Waals surface area contributed by atoms with E-state index in [2.05, 4.69) is 0 Å². The average Bonchev–Trinajstić information content (AvgIpc) is 2.51. The number of hydrogen-bond acceptors (Lipinski definition) is 4. The fourth-order valence-corrected chi connectivity index (χ4v) is 2.82. The second-order valence-electron chi connectivity index (χ2n) is 6.08. The first kappa shape index (κ1) is 12.6. The number of carbonyl (C=O) groups excluding carboxylic acids is 1. The summed E-state index contributed by atoms with van der Waals surface area (Å²) in [7, 11) is 0. The Morgan fingerprint density at radius 1 is 1.41 bits per heavy atom. The summed E-state index contributed by atoms with van der Waals surface area (Å²) < 4.78 is 5.38. The van der Waals surface area contributed by atoms with E-state index in [-0.39, 0.29) is 24.2 Å². The van der Waals surface area contributed by atoms with E-state index in [1.165, 1.54) is 0 Å². The predicted octanol–water partition coefficient (Wildman–Crippen LogP) is 0.846. The summed E-state index contributed by atoms with van der Waals surface area (Å²) in [5.41, 5.74) is 5.36. The molecular formula is C12H22N2O3. The van der Waals surface area contributed by atoms with Gasteiger partial charge < -0.3 is 15.6 Å². The molecule has 1 amide bonds. The Morgan fingerprint density at radius 2 is 2.06 bits per heavy atom. The Hall–Kier alpha value is -0.810. The Bertz CT molecular complexity index is 313. The van der Waals surface area contributed by atoms with Gasteiger partial charge in [-0.15, -0.1) is 0 Å². The van der Waals surface area contributed by atoms with E-state index >= 15 is 0 Å². The SMILES string of the molecule is CC(C)(C)OC(=O)N1[C@@H]2CC[C@H]1[C@@H](O)[C@@H](N)C2. The lowest BCUT2D eigenvalue weighted by Crippen LogP contribution is -2.59. The van der Waals surface area contributed by atoms with Gasteiger partial charge in [0.25, 0.3) is 0 Å². The van der Waals surface area contributed by atoms with Crippen LogP contribution in [0.4, 0.5) is 4.79 Å².